The molecule has 9 heteroatoms. The van der Waals surface area contributed by atoms with Gasteiger partial charge in [0.05, 0.1) is 25.3 Å². The van der Waals surface area contributed by atoms with Crippen molar-refractivity contribution in [2.75, 3.05) is 14.2 Å². The van der Waals surface area contributed by atoms with E-state index in [-0.39, 0.29) is 5.56 Å². The minimum absolute atomic E-state index is 0.219. The number of carbonyl (C=O) groups is 4. The number of carbonyl (C=O) groups excluding carboxylic acids is 3. The van der Waals surface area contributed by atoms with Crippen LogP contribution in [0.3, 0.4) is 0 Å². The van der Waals surface area contributed by atoms with Crippen molar-refractivity contribution in [3.8, 4) is 0 Å². The summed E-state index contributed by atoms with van der Waals surface area (Å²) in [6, 6.07) is 6.80. The van der Waals surface area contributed by atoms with Crippen molar-refractivity contribution in [1.29, 1.82) is 0 Å². The Labute approximate surface area is 160 Å². The number of carboxylic acids is 1. The highest BCUT2D eigenvalue weighted by atomic mass is 16.5. The van der Waals surface area contributed by atoms with Crippen LogP contribution < -0.4 is 5.32 Å². The lowest BCUT2D eigenvalue weighted by Crippen LogP contribution is -2.50. The van der Waals surface area contributed by atoms with E-state index in [1.54, 1.807) is 24.3 Å². The van der Waals surface area contributed by atoms with Gasteiger partial charge in [-0.3, -0.25) is 19.4 Å². The molecule has 28 heavy (non-hydrogen) atoms. The standard InChI is InChI=1S/C19H20N2O7/c1-10(14(18(25)27-2)19(26)28-3)15(17(23)24)21-16(22)12-8-9-20-13-7-5-4-6-11(12)13/h4-10,14-15H,1-3H3,(H,21,22)(H,23,24)/t10-,15+/m1/s1. The molecule has 0 bridgehead atoms. The van der Waals surface area contributed by atoms with Crippen LogP contribution in [0.4, 0.5) is 0 Å². The summed E-state index contributed by atoms with van der Waals surface area (Å²) in [7, 11) is 2.14. The van der Waals surface area contributed by atoms with E-state index in [9.17, 15) is 24.3 Å². The molecule has 0 aliphatic heterocycles. The number of amides is 1. The summed E-state index contributed by atoms with van der Waals surface area (Å²) in [5.41, 5.74) is 0.786. The lowest BCUT2D eigenvalue weighted by molar-refractivity contribution is -0.162. The van der Waals surface area contributed by atoms with Gasteiger partial charge in [-0.25, -0.2) is 4.79 Å². The number of para-hydroxylation sites is 1. The average molecular weight is 388 g/mol. The molecule has 2 atom stereocenters. The monoisotopic (exact) mass is 388 g/mol. The Hall–Kier alpha value is -3.49. The summed E-state index contributed by atoms with van der Waals surface area (Å²) in [6.45, 7) is 1.35. The fourth-order valence-electron chi connectivity index (χ4n) is 2.90. The van der Waals surface area contributed by atoms with Crippen molar-refractivity contribution in [3.05, 3.63) is 42.1 Å². The van der Waals surface area contributed by atoms with Gasteiger partial charge in [-0.1, -0.05) is 25.1 Å². The second-order valence-electron chi connectivity index (χ2n) is 6.05. The van der Waals surface area contributed by atoms with Gasteiger partial charge in [0, 0.05) is 17.5 Å². The highest BCUT2D eigenvalue weighted by molar-refractivity contribution is 6.07. The first kappa shape index (κ1) is 20.8. The smallest absolute Gasteiger partial charge is 0.326 e. The molecular weight excluding hydrogens is 368 g/mol. The van der Waals surface area contributed by atoms with Gasteiger partial charge in [0.25, 0.3) is 5.91 Å². The van der Waals surface area contributed by atoms with E-state index in [0.717, 1.165) is 14.2 Å². The van der Waals surface area contributed by atoms with Crippen LogP contribution in [0.1, 0.15) is 17.3 Å². The quantitative estimate of drug-likeness (QED) is 0.531. The molecule has 1 aromatic carbocycles. The number of rotatable bonds is 7. The molecule has 2 N–H and O–H groups in total. The Morgan fingerprint density at radius 2 is 1.64 bits per heavy atom. The van der Waals surface area contributed by atoms with Crippen molar-refractivity contribution >= 4 is 34.7 Å². The maximum atomic E-state index is 12.7. The zero-order valence-corrected chi connectivity index (χ0v) is 15.5. The van der Waals surface area contributed by atoms with Gasteiger partial charge in [0.2, 0.25) is 0 Å². The summed E-state index contributed by atoms with van der Waals surface area (Å²) in [4.78, 5) is 52.6. The Morgan fingerprint density at radius 3 is 2.21 bits per heavy atom. The number of pyridine rings is 1. The van der Waals surface area contributed by atoms with Gasteiger partial charge < -0.3 is 19.9 Å². The summed E-state index contributed by atoms with van der Waals surface area (Å²) < 4.78 is 9.16. The minimum atomic E-state index is -1.54. The van der Waals surface area contributed by atoms with E-state index in [1.807, 2.05) is 0 Å². The van der Waals surface area contributed by atoms with Gasteiger partial charge in [-0.05, 0) is 12.1 Å². The van der Waals surface area contributed by atoms with Crippen molar-refractivity contribution in [1.82, 2.24) is 10.3 Å². The van der Waals surface area contributed by atoms with Crippen LogP contribution in [0.15, 0.2) is 36.5 Å². The molecule has 0 spiro atoms. The highest BCUT2D eigenvalue weighted by Gasteiger charge is 2.42. The maximum Gasteiger partial charge on any atom is 0.326 e. The maximum absolute atomic E-state index is 12.7. The SMILES string of the molecule is COC(=O)C(C(=O)OC)[C@@H](C)[C@H](NC(=O)c1ccnc2ccccc12)C(=O)O. The number of ether oxygens (including phenoxy) is 2. The van der Waals surface area contributed by atoms with E-state index in [2.05, 4.69) is 19.8 Å². The van der Waals surface area contributed by atoms with E-state index in [4.69, 9.17) is 0 Å². The van der Waals surface area contributed by atoms with Gasteiger partial charge in [0.1, 0.15) is 6.04 Å². The molecule has 2 aromatic rings. The number of hydrogen-bond acceptors (Lipinski definition) is 7. The average Bonchev–Trinajstić information content (AvgIpc) is 2.70. The number of methoxy groups -OCH3 is 2. The first-order chi connectivity index (χ1) is 13.3. The summed E-state index contributed by atoms with van der Waals surface area (Å²) in [5.74, 6) is -6.62. The second kappa shape index (κ2) is 8.94. The van der Waals surface area contributed by atoms with Crippen LogP contribution in [-0.4, -0.2) is 54.2 Å². The van der Waals surface area contributed by atoms with Crippen molar-refractivity contribution in [2.45, 2.75) is 13.0 Å². The first-order valence-corrected chi connectivity index (χ1v) is 8.34. The number of nitrogens with zero attached hydrogens (tertiary/aromatic N) is 1. The number of benzene rings is 1. The molecule has 9 nitrogen and oxygen atoms in total. The molecule has 0 aliphatic carbocycles. The number of aliphatic carboxylic acids is 1. The molecule has 0 radical (unpaired) electrons. The third-order valence-corrected chi connectivity index (χ3v) is 4.41. The van der Waals surface area contributed by atoms with Crippen LogP contribution in [0, 0.1) is 11.8 Å². The fraction of sp³-hybridized carbons (Fsp3) is 0.316. The van der Waals surface area contributed by atoms with Crippen LogP contribution >= 0.6 is 0 Å². The molecule has 1 heterocycles. The molecule has 0 saturated carbocycles. The first-order valence-electron chi connectivity index (χ1n) is 8.34. The molecule has 148 valence electrons. The lowest BCUT2D eigenvalue weighted by Gasteiger charge is -2.26. The van der Waals surface area contributed by atoms with Gasteiger partial charge in [-0.2, -0.15) is 0 Å². The fourth-order valence-corrected chi connectivity index (χ4v) is 2.90. The molecular formula is C19H20N2O7. The molecule has 2 rings (SSSR count). The number of hydrogen-bond donors (Lipinski definition) is 2. The third kappa shape index (κ3) is 4.25. The zero-order chi connectivity index (χ0) is 20.8. The predicted octanol–water partition coefficient (Wildman–Crippen LogP) is 1.02. The number of fused-ring (bicyclic) bond motifs is 1. The Balaban J connectivity index is 2.35. The molecule has 1 aromatic heterocycles. The van der Waals surface area contributed by atoms with E-state index >= 15 is 0 Å². The Morgan fingerprint density at radius 1 is 1.04 bits per heavy atom. The third-order valence-electron chi connectivity index (χ3n) is 4.41. The van der Waals surface area contributed by atoms with Crippen molar-refractivity contribution in [3.63, 3.8) is 0 Å². The van der Waals surface area contributed by atoms with E-state index in [1.165, 1.54) is 19.2 Å². The molecule has 0 saturated heterocycles. The number of nitrogens with one attached hydrogen (secondary N) is 1. The van der Waals surface area contributed by atoms with Crippen LogP contribution in [0.5, 0.6) is 0 Å². The lowest BCUT2D eigenvalue weighted by atomic mass is 9.87. The van der Waals surface area contributed by atoms with E-state index in [0.29, 0.717) is 10.9 Å². The molecule has 0 unspecified atom stereocenters. The predicted molar refractivity (Wildman–Crippen MR) is 97.3 cm³/mol. The number of aromatic nitrogens is 1. The van der Waals surface area contributed by atoms with Crippen LogP contribution in [0.25, 0.3) is 10.9 Å². The van der Waals surface area contributed by atoms with Gasteiger partial charge in [-0.15, -0.1) is 0 Å². The van der Waals surface area contributed by atoms with Crippen LogP contribution in [0.2, 0.25) is 0 Å². The molecule has 0 fully saturated rings. The normalized spacial score (nSPS) is 12.9. The summed E-state index contributed by atoms with van der Waals surface area (Å²) in [6.07, 6.45) is 1.43. The Kier molecular flexibility index (Phi) is 6.64. The van der Waals surface area contributed by atoms with E-state index < -0.39 is 41.7 Å². The zero-order valence-electron chi connectivity index (χ0n) is 15.5. The van der Waals surface area contributed by atoms with Crippen molar-refractivity contribution < 1.29 is 33.8 Å². The molecule has 1 amide bonds. The Bertz CT molecular complexity index is 891. The number of esters is 2. The van der Waals surface area contributed by atoms with Gasteiger partial charge in [0.15, 0.2) is 5.92 Å². The largest absolute Gasteiger partial charge is 0.480 e. The summed E-state index contributed by atoms with van der Waals surface area (Å²) in [5, 5.41) is 12.5. The molecule has 0 aliphatic rings. The van der Waals surface area contributed by atoms with Gasteiger partial charge >= 0.3 is 17.9 Å². The highest BCUT2D eigenvalue weighted by Crippen LogP contribution is 2.21. The van der Waals surface area contributed by atoms with Crippen molar-refractivity contribution in [2.24, 2.45) is 11.8 Å². The second-order valence-corrected chi connectivity index (χ2v) is 6.05. The topological polar surface area (TPSA) is 132 Å². The van der Waals surface area contributed by atoms with Crippen LogP contribution in [-0.2, 0) is 23.9 Å². The summed E-state index contributed by atoms with van der Waals surface area (Å²) >= 11 is 0. The minimum Gasteiger partial charge on any atom is -0.480 e. The number of carboxylic acid groups (broad SMARTS) is 1.